The molecule has 0 heterocycles. The first kappa shape index (κ1) is 15.7. The van der Waals surface area contributed by atoms with E-state index in [1.54, 1.807) is 5.19 Å². The fourth-order valence-corrected chi connectivity index (χ4v) is 4.24. The Hall–Kier alpha value is -0.643. The normalized spacial score (nSPS) is 24.1. The van der Waals surface area contributed by atoms with Crippen molar-refractivity contribution >= 4 is 13.3 Å². The summed E-state index contributed by atoms with van der Waals surface area (Å²) in [6.07, 6.45) is 4.88. The van der Waals surface area contributed by atoms with Crippen LogP contribution in [-0.4, -0.2) is 32.1 Å². The maximum atomic E-state index is 5.99. The molecule has 0 spiro atoms. The van der Waals surface area contributed by atoms with E-state index in [0.29, 0.717) is 12.1 Å². The molecular weight excluding hydrogens is 260 g/mol. The number of benzene rings is 1. The van der Waals surface area contributed by atoms with Gasteiger partial charge in [-0.05, 0) is 38.3 Å². The molecule has 1 aliphatic rings. The van der Waals surface area contributed by atoms with E-state index in [-0.39, 0.29) is 0 Å². The lowest BCUT2D eigenvalue weighted by atomic mass is 9.91. The molecule has 1 aromatic rings. The summed E-state index contributed by atoms with van der Waals surface area (Å²) < 4.78 is 0. The summed E-state index contributed by atoms with van der Waals surface area (Å²) in [6.45, 7) is 8.27. The molecule has 1 fully saturated rings. The molecule has 0 saturated heterocycles. The Labute approximate surface area is 125 Å². The zero-order chi connectivity index (χ0) is 14.8. The minimum atomic E-state index is -1.16. The van der Waals surface area contributed by atoms with Crippen molar-refractivity contribution in [2.75, 3.05) is 7.05 Å². The van der Waals surface area contributed by atoms with Crippen LogP contribution in [0.4, 0.5) is 0 Å². The van der Waals surface area contributed by atoms with Crippen LogP contribution in [0.5, 0.6) is 0 Å². The van der Waals surface area contributed by atoms with Gasteiger partial charge < -0.3 is 5.73 Å². The molecular formula is C17H30N2Si. The Balaban J connectivity index is 1.93. The van der Waals surface area contributed by atoms with Gasteiger partial charge in [0.1, 0.15) is 0 Å². The second-order valence-corrected chi connectivity index (χ2v) is 12.5. The average Bonchev–Trinajstić information content (AvgIpc) is 2.39. The topological polar surface area (TPSA) is 29.3 Å². The third-order valence-electron chi connectivity index (χ3n) is 4.62. The van der Waals surface area contributed by atoms with Gasteiger partial charge >= 0.3 is 0 Å². The van der Waals surface area contributed by atoms with Crippen LogP contribution in [-0.2, 0) is 6.54 Å². The van der Waals surface area contributed by atoms with Crippen molar-refractivity contribution in [1.82, 2.24) is 4.90 Å². The first-order valence-electron chi connectivity index (χ1n) is 7.91. The van der Waals surface area contributed by atoms with Gasteiger partial charge in [-0.1, -0.05) is 49.1 Å². The fraction of sp³-hybridized carbons (Fsp3) is 0.647. The smallest absolute Gasteiger partial charge is 0.0775 e. The minimum Gasteiger partial charge on any atom is -0.328 e. The van der Waals surface area contributed by atoms with Crippen LogP contribution in [0.1, 0.15) is 31.2 Å². The van der Waals surface area contributed by atoms with E-state index in [0.717, 1.165) is 6.54 Å². The van der Waals surface area contributed by atoms with Crippen LogP contribution in [0, 0.1) is 0 Å². The van der Waals surface area contributed by atoms with E-state index < -0.39 is 8.07 Å². The number of hydrogen-bond donors (Lipinski definition) is 1. The summed E-state index contributed by atoms with van der Waals surface area (Å²) in [4.78, 5) is 2.51. The molecule has 0 aliphatic heterocycles. The van der Waals surface area contributed by atoms with Gasteiger partial charge in [-0.15, -0.1) is 0 Å². The van der Waals surface area contributed by atoms with Crippen LogP contribution in [0.3, 0.4) is 0 Å². The predicted octanol–water partition coefficient (Wildman–Crippen LogP) is 2.93. The standard InChI is InChI=1S/C17H30N2Si/c1-19(16-9-7-15(18)8-10-16)13-14-5-11-17(12-6-14)20(2,3)4/h5-6,11-12,15-16H,7-10,13,18H2,1-4H3. The Kier molecular flexibility index (Phi) is 5.05. The molecule has 2 rings (SSSR count). The monoisotopic (exact) mass is 290 g/mol. The third-order valence-corrected chi connectivity index (χ3v) is 6.68. The molecule has 0 bridgehead atoms. The molecule has 0 aromatic heterocycles. The molecule has 0 atom stereocenters. The van der Waals surface area contributed by atoms with Crippen molar-refractivity contribution in [3.05, 3.63) is 29.8 Å². The molecule has 112 valence electrons. The maximum absolute atomic E-state index is 5.99. The minimum absolute atomic E-state index is 0.440. The van der Waals surface area contributed by atoms with Gasteiger partial charge in [-0.2, -0.15) is 0 Å². The van der Waals surface area contributed by atoms with Crippen molar-refractivity contribution < 1.29 is 0 Å². The van der Waals surface area contributed by atoms with E-state index in [4.69, 9.17) is 5.73 Å². The summed E-state index contributed by atoms with van der Waals surface area (Å²) in [5, 5.41) is 1.55. The van der Waals surface area contributed by atoms with Gasteiger partial charge in [-0.25, -0.2) is 0 Å². The predicted molar refractivity (Wildman–Crippen MR) is 91.1 cm³/mol. The van der Waals surface area contributed by atoms with Crippen LogP contribution >= 0.6 is 0 Å². The lowest BCUT2D eigenvalue weighted by molar-refractivity contribution is 0.176. The van der Waals surface area contributed by atoms with Gasteiger partial charge in [0.15, 0.2) is 0 Å². The summed E-state index contributed by atoms with van der Waals surface area (Å²) in [5.74, 6) is 0. The lowest BCUT2D eigenvalue weighted by Crippen LogP contribution is -2.39. The molecule has 3 heteroatoms. The number of hydrogen-bond acceptors (Lipinski definition) is 2. The van der Waals surface area contributed by atoms with E-state index in [9.17, 15) is 0 Å². The Morgan fingerprint density at radius 2 is 1.60 bits per heavy atom. The van der Waals surface area contributed by atoms with Crippen molar-refractivity contribution in [3.63, 3.8) is 0 Å². The largest absolute Gasteiger partial charge is 0.328 e. The van der Waals surface area contributed by atoms with E-state index in [1.165, 1.54) is 31.2 Å². The van der Waals surface area contributed by atoms with Gasteiger partial charge in [0, 0.05) is 18.6 Å². The van der Waals surface area contributed by atoms with Crippen LogP contribution in [0.15, 0.2) is 24.3 Å². The highest BCUT2D eigenvalue weighted by atomic mass is 28.3. The lowest BCUT2D eigenvalue weighted by Gasteiger charge is -2.33. The second kappa shape index (κ2) is 6.42. The van der Waals surface area contributed by atoms with Crippen molar-refractivity contribution in [2.45, 2.75) is 64.0 Å². The molecule has 0 amide bonds. The van der Waals surface area contributed by atoms with Crippen LogP contribution in [0.2, 0.25) is 19.6 Å². The summed E-state index contributed by atoms with van der Waals surface area (Å²) in [6, 6.07) is 10.5. The molecule has 2 N–H and O–H groups in total. The van der Waals surface area contributed by atoms with E-state index in [2.05, 4.69) is 55.9 Å². The molecule has 1 saturated carbocycles. The zero-order valence-corrected chi connectivity index (χ0v) is 14.5. The highest BCUT2D eigenvalue weighted by Gasteiger charge is 2.22. The van der Waals surface area contributed by atoms with E-state index in [1.807, 2.05) is 0 Å². The SMILES string of the molecule is CN(Cc1ccc([Si](C)(C)C)cc1)C1CCC(N)CC1. The first-order valence-corrected chi connectivity index (χ1v) is 11.4. The third kappa shape index (κ3) is 4.17. The van der Waals surface area contributed by atoms with Gasteiger partial charge in [0.2, 0.25) is 0 Å². The highest BCUT2D eigenvalue weighted by Crippen LogP contribution is 2.22. The number of nitrogens with zero attached hydrogens (tertiary/aromatic N) is 1. The molecule has 0 radical (unpaired) electrons. The Morgan fingerprint density at radius 3 is 2.10 bits per heavy atom. The quantitative estimate of drug-likeness (QED) is 0.864. The van der Waals surface area contributed by atoms with Crippen molar-refractivity contribution in [1.29, 1.82) is 0 Å². The molecule has 1 aromatic carbocycles. The fourth-order valence-electron chi connectivity index (χ4n) is 3.07. The number of rotatable bonds is 4. The summed E-state index contributed by atoms with van der Waals surface area (Å²) >= 11 is 0. The Bertz CT molecular complexity index is 414. The Morgan fingerprint density at radius 1 is 1.05 bits per heavy atom. The first-order chi connectivity index (χ1) is 9.36. The second-order valence-electron chi connectivity index (χ2n) is 7.43. The molecule has 0 unspecified atom stereocenters. The van der Waals surface area contributed by atoms with Gasteiger partial charge in [0.05, 0.1) is 8.07 Å². The summed E-state index contributed by atoms with van der Waals surface area (Å²) in [7, 11) is 1.09. The molecule has 20 heavy (non-hydrogen) atoms. The van der Waals surface area contributed by atoms with Gasteiger partial charge in [-0.3, -0.25) is 4.90 Å². The average molecular weight is 291 g/mol. The zero-order valence-electron chi connectivity index (χ0n) is 13.5. The van der Waals surface area contributed by atoms with Crippen LogP contribution in [0.25, 0.3) is 0 Å². The summed E-state index contributed by atoms with van der Waals surface area (Å²) in [5.41, 5.74) is 7.43. The van der Waals surface area contributed by atoms with Crippen molar-refractivity contribution in [3.8, 4) is 0 Å². The van der Waals surface area contributed by atoms with E-state index >= 15 is 0 Å². The highest BCUT2D eigenvalue weighted by molar-refractivity contribution is 6.88. The molecule has 2 nitrogen and oxygen atoms in total. The van der Waals surface area contributed by atoms with Crippen LogP contribution < -0.4 is 10.9 Å². The van der Waals surface area contributed by atoms with Gasteiger partial charge in [0.25, 0.3) is 0 Å². The molecule has 1 aliphatic carbocycles. The van der Waals surface area contributed by atoms with Crippen molar-refractivity contribution in [2.24, 2.45) is 5.73 Å². The number of nitrogens with two attached hydrogens (primary N) is 1. The maximum Gasteiger partial charge on any atom is 0.0775 e.